The zero-order valence-electron chi connectivity index (χ0n) is 17.4. The number of benzene rings is 3. The van der Waals surface area contributed by atoms with Crippen molar-refractivity contribution < 1.29 is 9.63 Å². The van der Waals surface area contributed by atoms with E-state index in [2.05, 4.69) is 28.8 Å². The molecule has 0 saturated carbocycles. The molecule has 0 aliphatic carbocycles. The maximum atomic E-state index is 13.2. The lowest BCUT2D eigenvalue weighted by Crippen LogP contribution is -2.01. The fraction of sp³-hybridized carbons (Fsp3) is 0.160. The number of hydrogen-bond acceptors (Lipinski definition) is 5. The van der Waals surface area contributed by atoms with E-state index in [4.69, 9.17) is 4.84 Å². The summed E-state index contributed by atoms with van der Waals surface area (Å²) in [6, 6.07) is 18.0. The van der Waals surface area contributed by atoms with Crippen LogP contribution in [0, 0.1) is 0 Å². The van der Waals surface area contributed by atoms with Crippen molar-refractivity contribution in [1.82, 2.24) is 4.57 Å². The van der Waals surface area contributed by atoms with Gasteiger partial charge in [-0.1, -0.05) is 23.4 Å². The summed E-state index contributed by atoms with van der Waals surface area (Å²) in [6.45, 7) is 6.06. The number of fused-ring (bicyclic) bond motifs is 5. The predicted molar refractivity (Wildman–Crippen MR) is 128 cm³/mol. The molecular weight excluding hydrogens is 408 g/mol. The summed E-state index contributed by atoms with van der Waals surface area (Å²) in [6.07, 6.45) is 0. The van der Waals surface area contributed by atoms with Gasteiger partial charge in [-0.2, -0.15) is 0 Å². The van der Waals surface area contributed by atoms with E-state index in [1.165, 1.54) is 6.92 Å². The van der Waals surface area contributed by atoms with E-state index in [9.17, 15) is 9.59 Å². The Hall–Kier alpha value is -3.51. The van der Waals surface area contributed by atoms with Gasteiger partial charge in [-0.05, 0) is 55.8 Å². The molecule has 5 nitrogen and oxygen atoms in total. The number of rotatable bonds is 3. The third-order valence-electron chi connectivity index (χ3n) is 5.61. The van der Waals surface area contributed by atoms with Crippen molar-refractivity contribution in [2.24, 2.45) is 5.16 Å². The van der Waals surface area contributed by atoms with Crippen molar-refractivity contribution in [1.29, 1.82) is 0 Å². The first-order chi connectivity index (χ1) is 15.0. The van der Waals surface area contributed by atoms with Crippen LogP contribution in [0.15, 0.2) is 64.5 Å². The summed E-state index contributed by atoms with van der Waals surface area (Å²) < 4.78 is 4.25. The average molecular weight is 429 g/mol. The summed E-state index contributed by atoms with van der Waals surface area (Å²) in [4.78, 5) is 29.1. The standard InChI is InChI=1S/C25H20N2O3S/c1-4-27-21-10-9-16(14(2)26-30-15(3)28)11-18(21)19-12-20-24(13-22(19)27)31-23-8-6-5-7-17(23)25(20)29/h5-13H,4H2,1-3H3/b26-14+. The Labute approximate surface area is 182 Å². The van der Waals surface area contributed by atoms with E-state index in [0.717, 1.165) is 54.1 Å². The molecule has 5 aromatic rings. The lowest BCUT2D eigenvalue weighted by atomic mass is 10.1. The van der Waals surface area contributed by atoms with Gasteiger partial charge in [0.05, 0.1) is 11.2 Å². The van der Waals surface area contributed by atoms with Gasteiger partial charge in [0.1, 0.15) is 0 Å². The van der Waals surface area contributed by atoms with Crippen molar-refractivity contribution in [2.45, 2.75) is 27.3 Å². The minimum Gasteiger partial charge on any atom is -0.341 e. The Balaban J connectivity index is 1.84. The monoisotopic (exact) mass is 428 g/mol. The fourth-order valence-corrected chi connectivity index (χ4v) is 5.23. The highest BCUT2D eigenvalue weighted by Gasteiger charge is 2.15. The van der Waals surface area contributed by atoms with Crippen LogP contribution in [-0.4, -0.2) is 16.2 Å². The van der Waals surface area contributed by atoms with Gasteiger partial charge in [-0.25, -0.2) is 4.79 Å². The third kappa shape index (κ3) is 3.11. The molecule has 154 valence electrons. The molecule has 0 amide bonds. The van der Waals surface area contributed by atoms with E-state index < -0.39 is 5.97 Å². The molecule has 0 atom stereocenters. The van der Waals surface area contributed by atoms with E-state index >= 15 is 0 Å². The minimum atomic E-state index is -0.453. The van der Waals surface area contributed by atoms with Crippen LogP contribution in [0.3, 0.4) is 0 Å². The lowest BCUT2D eigenvalue weighted by Gasteiger charge is -2.05. The molecule has 6 heteroatoms. The summed E-state index contributed by atoms with van der Waals surface area (Å²) in [5.74, 6) is -0.453. The van der Waals surface area contributed by atoms with Gasteiger partial charge < -0.3 is 9.40 Å². The highest BCUT2D eigenvalue weighted by atomic mass is 32.1. The topological polar surface area (TPSA) is 60.7 Å². The van der Waals surface area contributed by atoms with Gasteiger partial charge >= 0.3 is 5.97 Å². The van der Waals surface area contributed by atoms with Crippen LogP contribution < -0.4 is 5.43 Å². The molecule has 0 fully saturated rings. The molecule has 0 bridgehead atoms. The van der Waals surface area contributed by atoms with Crippen molar-refractivity contribution in [3.8, 4) is 0 Å². The summed E-state index contributed by atoms with van der Waals surface area (Å²) in [5.41, 5.74) is 3.74. The Bertz CT molecular complexity index is 1610. The highest BCUT2D eigenvalue weighted by molar-refractivity contribution is 7.24. The first-order valence-electron chi connectivity index (χ1n) is 10.1. The van der Waals surface area contributed by atoms with Crippen LogP contribution >= 0.6 is 11.3 Å². The van der Waals surface area contributed by atoms with E-state index in [1.807, 2.05) is 49.4 Å². The molecular formula is C25H20N2O3S. The summed E-state index contributed by atoms with van der Waals surface area (Å²) >= 11 is 1.65. The molecule has 3 aromatic carbocycles. The zero-order chi connectivity index (χ0) is 21.7. The van der Waals surface area contributed by atoms with Crippen molar-refractivity contribution >= 4 is 65.0 Å². The Kier molecular flexibility index (Phi) is 4.59. The molecule has 0 saturated heterocycles. The number of carbonyl (C=O) groups excluding carboxylic acids is 1. The van der Waals surface area contributed by atoms with Crippen LogP contribution in [0.5, 0.6) is 0 Å². The minimum absolute atomic E-state index is 0.0624. The Morgan fingerprint density at radius 3 is 2.48 bits per heavy atom. The number of oxime groups is 1. The predicted octanol–water partition coefficient (Wildman–Crippen LogP) is 5.83. The van der Waals surface area contributed by atoms with Crippen molar-refractivity contribution in [3.05, 3.63) is 70.4 Å². The Morgan fingerprint density at radius 2 is 1.71 bits per heavy atom. The lowest BCUT2D eigenvalue weighted by molar-refractivity contribution is -0.140. The molecule has 0 N–H and O–H groups in total. The fourth-order valence-electron chi connectivity index (χ4n) is 4.14. The van der Waals surface area contributed by atoms with Crippen LogP contribution in [0.25, 0.3) is 42.0 Å². The van der Waals surface area contributed by atoms with Gasteiger partial charge in [0, 0.05) is 49.9 Å². The van der Waals surface area contributed by atoms with Gasteiger partial charge in [0.2, 0.25) is 0 Å². The van der Waals surface area contributed by atoms with Gasteiger partial charge in [-0.3, -0.25) is 4.79 Å². The van der Waals surface area contributed by atoms with E-state index in [1.54, 1.807) is 11.3 Å². The number of aryl methyl sites for hydroxylation is 1. The maximum Gasteiger partial charge on any atom is 0.331 e. The smallest absolute Gasteiger partial charge is 0.331 e. The molecule has 0 radical (unpaired) electrons. The van der Waals surface area contributed by atoms with Crippen LogP contribution in [0.1, 0.15) is 26.3 Å². The summed E-state index contributed by atoms with van der Waals surface area (Å²) in [7, 11) is 0. The molecule has 2 heterocycles. The normalized spacial score (nSPS) is 12.3. The van der Waals surface area contributed by atoms with Crippen LogP contribution in [0.4, 0.5) is 0 Å². The second kappa shape index (κ2) is 7.32. The van der Waals surface area contributed by atoms with Crippen molar-refractivity contribution in [2.75, 3.05) is 0 Å². The molecule has 0 aliphatic rings. The number of aromatic nitrogens is 1. The van der Waals surface area contributed by atoms with Gasteiger partial charge in [0.15, 0.2) is 5.43 Å². The second-order valence-electron chi connectivity index (χ2n) is 7.53. The Morgan fingerprint density at radius 1 is 0.935 bits per heavy atom. The van der Waals surface area contributed by atoms with Gasteiger partial charge in [-0.15, -0.1) is 11.3 Å². The number of nitrogens with zero attached hydrogens (tertiary/aromatic N) is 2. The SMILES string of the molecule is CCn1c2ccc(/C(C)=N/OC(C)=O)cc2c2cc3c(=O)c4ccccc4sc3cc21. The molecule has 0 spiro atoms. The zero-order valence-corrected chi connectivity index (χ0v) is 18.2. The van der Waals surface area contributed by atoms with E-state index in [-0.39, 0.29) is 5.43 Å². The van der Waals surface area contributed by atoms with Crippen LogP contribution in [0.2, 0.25) is 0 Å². The number of hydrogen-bond donors (Lipinski definition) is 0. The maximum absolute atomic E-state index is 13.2. The average Bonchev–Trinajstić information content (AvgIpc) is 3.08. The quantitative estimate of drug-likeness (QED) is 0.157. The second-order valence-corrected chi connectivity index (χ2v) is 8.61. The molecule has 2 aromatic heterocycles. The first kappa shape index (κ1) is 19.5. The largest absolute Gasteiger partial charge is 0.341 e. The number of carbonyl (C=O) groups is 1. The third-order valence-corrected chi connectivity index (χ3v) is 6.74. The highest BCUT2D eigenvalue weighted by Crippen LogP contribution is 2.35. The first-order valence-corrected chi connectivity index (χ1v) is 10.9. The van der Waals surface area contributed by atoms with E-state index in [0.29, 0.717) is 5.71 Å². The molecule has 0 unspecified atom stereocenters. The van der Waals surface area contributed by atoms with Crippen LogP contribution in [-0.2, 0) is 16.2 Å². The molecule has 0 aliphatic heterocycles. The summed E-state index contributed by atoms with van der Waals surface area (Å²) in [5, 5.41) is 7.49. The molecule has 5 rings (SSSR count). The van der Waals surface area contributed by atoms with Gasteiger partial charge in [0.25, 0.3) is 0 Å². The molecule has 31 heavy (non-hydrogen) atoms. The van der Waals surface area contributed by atoms with Crippen molar-refractivity contribution in [3.63, 3.8) is 0 Å².